The zero-order chi connectivity index (χ0) is 48.6. The minimum atomic E-state index is -0.250. The van der Waals surface area contributed by atoms with E-state index >= 15 is 0 Å². The standard InChI is InChI=1S/C48H42N16O4.O.V/c1-7-59-31-15-23-21(13-29(31)49-45(59)65)37-51-39(23)55-43-27-19-35-33(61(9-3)47(67)63(35)11-5)17-25(27)42(57-43)54-38-22-14-30-32(60(8-2)46(66)50-30)16-24(22)40(52-38)56-44-28-20-36-34(18-26(28)41(53-37)58-44)62(10-4)48(68)64(36)12-6;;/h13-20H,7-12H2,1-6H3,(H4,49,50,51,52,53,54,55,56,57,58,65,66);;/q;;+2/p-2. The Balaban J connectivity index is 0.00000249. The first-order chi connectivity index (χ1) is 34.0. The number of aryl methyl sites for hydroxylation is 6. The van der Waals surface area contributed by atoms with Crippen LogP contribution in [0.1, 0.15) is 41.5 Å². The number of hydrogen-bond acceptors (Lipinski definition) is 11. The van der Waals surface area contributed by atoms with Crippen LogP contribution in [0.4, 0.5) is 0 Å². The predicted octanol–water partition coefficient (Wildman–Crippen LogP) is 5.64. The fourth-order valence-corrected chi connectivity index (χ4v) is 10.4. The van der Waals surface area contributed by atoms with Crippen molar-refractivity contribution < 1.29 is 21.0 Å². The maximum atomic E-state index is 13.7. The number of aromatic amines is 2. The van der Waals surface area contributed by atoms with Crippen LogP contribution in [0.5, 0.6) is 0 Å². The molecular weight excluding hydrogens is 932 g/mol. The molecule has 0 aliphatic carbocycles. The van der Waals surface area contributed by atoms with Gasteiger partial charge in [-0.25, -0.2) is 29.1 Å². The number of benzene rings is 4. The molecule has 0 radical (unpaired) electrons. The molecule has 13 rings (SSSR count). The number of aromatic nitrogens is 16. The molecule has 9 heterocycles. The topological polar surface area (TPSA) is 252 Å². The number of H-pyrrole nitrogens is 2. The first kappa shape index (κ1) is 43.0. The molecule has 0 atom stereocenters. The summed E-state index contributed by atoms with van der Waals surface area (Å²) in [5, 5.41) is 2.51. The van der Waals surface area contributed by atoms with Crippen molar-refractivity contribution in [2.45, 2.75) is 80.8 Å². The van der Waals surface area contributed by atoms with Gasteiger partial charge in [-0.1, -0.05) is 0 Å². The fraction of sp³-hybridized carbons (Fsp3) is 0.250. The summed E-state index contributed by atoms with van der Waals surface area (Å²) in [6.07, 6.45) is 0. The van der Waals surface area contributed by atoms with Crippen molar-refractivity contribution in [2.24, 2.45) is 0 Å². The molecule has 347 valence electrons. The quantitative estimate of drug-likeness (QED) is 0.205. The van der Waals surface area contributed by atoms with Crippen LogP contribution < -0.4 is 32.7 Å². The Labute approximate surface area is 401 Å². The van der Waals surface area contributed by atoms with Crippen molar-refractivity contribution in [3.63, 3.8) is 0 Å². The summed E-state index contributed by atoms with van der Waals surface area (Å²) >= 11 is 1.06. The normalized spacial score (nSPS) is 12.3. The van der Waals surface area contributed by atoms with E-state index in [9.17, 15) is 19.2 Å². The van der Waals surface area contributed by atoms with E-state index in [4.69, 9.17) is 43.5 Å². The van der Waals surface area contributed by atoms with Gasteiger partial charge in [-0.3, -0.25) is 27.4 Å². The van der Waals surface area contributed by atoms with Gasteiger partial charge in [0.25, 0.3) is 0 Å². The zero-order valence-electron chi connectivity index (χ0n) is 38.6. The monoisotopic (exact) mass is 971 g/mol. The first-order valence-electron chi connectivity index (χ1n) is 23.0. The van der Waals surface area contributed by atoms with Crippen molar-refractivity contribution in [1.82, 2.24) is 77.2 Å². The number of nitrogens with zero attached hydrogens (tertiary/aromatic N) is 14. The Morgan fingerprint density at radius 3 is 0.929 bits per heavy atom. The summed E-state index contributed by atoms with van der Waals surface area (Å²) < 4.78 is 18.4. The second kappa shape index (κ2) is 15.6. The van der Waals surface area contributed by atoms with Gasteiger partial charge in [0, 0.05) is 84.1 Å². The third kappa shape index (κ3) is 5.84. The molecule has 7 aromatic heterocycles. The maximum absolute atomic E-state index is 13.7. The SMILES string of the molecule is CCn1c(=O)[nH]c2cc3c(cc21)-c1nc-3nc2[n-]c(nc3nc(nc4[n-]c(n1)c1cc5c(cc41)n(CC)c(=O)n5CC)-c1cc4[nH]c(=O)n(CC)c4cc1-3)c1cc3c(cc21)n(CC)c(=O)n3CC.[O]=[V+2]. The van der Waals surface area contributed by atoms with E-state index in [0.717, 1.165) is 39.4 Å². The van der Waals surface area contributed by atoms with Crippen molar-refractivity contribution in [2.75, 3.05) is 0 Å². The Kier molecular flexibility index (Phi) is 9.60. The van der Waals surface area contributed by atoms with Crippen LogP contribution >= 0.6 is 0 Å². The second-order valence-electron chi connectivity index (χ2n) is 17.0. The van der Waals surface area contributed by atoms with E-state index < -0.39 is 0 Å². The molecular formula is C48H40N16O5V. The number of imidazole rings is 4. The molecule has 0 saturated carbocycles. The van der Waals surface area contributed by atoms with Gasteiger partial charge in [-0.15, -0.1) is 0 Å². The van der Waals surface area contributed by atoms with Crippen molar-refractivity contribution in [3.05, 3.63) is 90.5 Å². The molecule has 2 aliphatic rings. The number of rotatable bonds is 6. The third-order valence-electron chi connectivity index (χ3n) is 13.7. The number of fused-ring (bicyclic) bond motifs is 24. The molecule has 0 unspecified atom stereocenters. The van der Waals surface area contributed by atoms with E-state index in [-0.39, 0.29) is 34.4 Å². The average molecular weight is 972 g/mol. The van der Waals surface area contributed by atoms with Gasteiger partial charge in [-0.2, -0.15) is 0 Å². The fourth-order valence-electron chi connectivity index (χ4n) is 10.4. The van der Waals surface area contributed by atoms with Crippen LogP contribution in [-0.4, -0.2) is 67.3 Å². The molecule has 2 aliphatic heterocycles. The van der Waals surface area contributed by atoms with Gasteiger partial charge in [0.1, 0.15) is 0 Å². The molecule has 0 amide bonds. The van der Waals surface area contributed by atoms with Gasteiger partial charge in [0.15, 0.2) is 0 Å². The van der Waals surface area contributed by atoms with Gasteiger partial charge >= 0.3 is 43.8 Å². The molecule has 70 heavy (non-hydrogen) atoms. The molecule has 2 N–H and O–H groups in total. The molecule has 0 spiro atoms. The van der Waals surface area contributed by atoms with E-state index in [0.29, 0.717) is 139 Å². The van der Waals surface area contributed by atoms with E-state index in [1.807, 2.05) is 90.1 Å². The summed E-state index contributed by atoms with van der Waals surface area (Å²) in [5.74, 6) is 1.17. The van der Waals surface area contributed by atoms with Crippen LogP contribution in [0.25, 0.3) is 134 Å². The van der Waals surface area contributed by atoms with Gasteiger partial charge in [0.2, 0.25) is 0 Å². The molecule has 21 nitrogen and oxygen atoms in total. The van der Waals surface area contributed by atoms with E-state index in [1.54, 1.807) is 27.4 Å². The molecule has 8 bridgehead atoms. The Morgan fingerprint density at radius 1 is 0.386 bits per heavy atom. The van der Waals surface area contributed by atoms with E-state index in [1.165, 1.54) is 0 Å². The third-order valence-corrected chi connectivity index (χ3v) is 13.7. The summed E-state index contributed by atoms with van der Waals surface area (Å²) in [4.78, 5) is 101. The van der Waals surface area contributed by atoms with Gasteiger partial charge < -0.3 is 39.9 Å². The molecule has 0 fully saturated rings. The minimum absolute atomic E-state index is 0.130. The molecule has 4 aromatic carbocycles. The second-order valence-corrected chi connectivity index (χ2v) is 17.0. The summed E-state index contributed by atoms with van der Waals surface area (Å²) in [6, 6.07) is 15.2. The predicted molar refractivity (Wildman–Crippen MR) is 260 cm³/mol. The Morgan fingerprint density at radius 2 is 0.657 bits per heavy atom. The van der Waals surface area contributed by atoms with Crippen LogP contribution in [0.3, 0.4) is 0 Å². The summed E-state index contributed by atoms with van der Waals surface area (Å²) in [5.41, 5.74) is 8.30. The zero-order valence-corrected chi connectivity index (χ0v) is 40.0. The van der Waals surface area contributed by atoms with Crippen LogP contribution in [0.2, 0.25) is 0 Å². The number of hydrogen-bond donors (Lipinski definition) is 2. The van der Waals surface area contributed by atoms with Crippen molar-refractivity contribution >= 4 is 88.3 Å². The van der Waals surface area contributed by atoms with Crippen molar-refractivity contribution in [1.29, 1.82) is 0 Å². The number of nitrogens with one attached hydrogen (secondary N) is 2. The van der Waals surface area contributed by atoms with Crippen LogP contribution in [0, 0.1) is 0 Å². The van der Waals surface area contributed by atoms with Crippen molar-refractivity contribution in [3.8, 4) is 45.6 Å². The van der Waals surface area contributed by atoms with Gasteiger partial charge in [0.05, 0.1) is 67.4 Å². The Bertz CT molecular complexity index is 4260. The molecule has 11 aromatic rings. The average Bonchev–Trinajstić information content (AvgIpc) is 4.24. The van der Waals surface area contributed by atoms with Gasteiger partial charge in [-0.05, 0) is 112 Å². The molecule has 0 saturated heterocycles. The van der Waals surface area contributed by atoms with E-state index in [2.05, 4.69) is 9.97 Å². The summed E-state index contributed by atoms with van der Waals surface area (Å²) in [7, 11) is 0. The Hall–Kier alpha value is -8.30. The summed E-state index contributed by atoms with van der Waals surface area (Å²) in [6.45, 7) is 14.2. The first-order valence-corrected chi connectivity index (χ1v) is 23.6. The molecule has 22 heteroatoms. The van der Waals surface area contributed by atoms with Crippen LogP contribution in [-0.2, 0) is 60.3 Å². The van der Waals surface area contributed by atoms with Crippen LogP contribution in [0.15, 0.2) is 67.7 Å².